The van der Waals surface area contributed by atoms with Crippen LogP contribution in [0.5, 0.6) is 5.75 Å². The molecule has 0 aliphatic heterocycles. The second kappa shape index (κ2) is 4.56. The number of carbonyl (C=O) groups is 1. The molecule has 1 N–H and O–H groups in total. The third-order valence-electron chi connectivity index (χ3n) is 1.77. The molecule has 0 amide bonds. The number of rotatable bonds is 4. The van der Waals surface area contributed by atoms with Gasteiger partial charge in [-0.05, 0) is 13.0 Å². The number of carboxylic acids is 1. The van der Waals surface area contributed by atoms with E-state index in [0.29, 0.717) is 0 Å². The Labute approximate surface area is 89.4 Å². The number of hydrogen-bond donors (Lipinski definition) is 1. The van der Waals surface area contributed by atoms with Crippen molar-refractivity contribution >= 4 is 11.7 Å². The first-order valence-corrected chi connectivity index (χ1v) is 4.25. The Hall–Kier alpha value is -2.18. The van der Waals surface area contributed by atoms with Crippen LogP contribution < -0.4 is 4.74 Å². The molecule has 0 saturated carbocycles. The van der Waals surface area contributed by atoms with Crippen molar-refractivity contribution in [2.24, 2.45) is 0 Å². The summed E-state index contributed by atoms with van der Waals surface area (Å²) in [5, 5.41) is 19.1. The van der Waals surface area contributed by atoms with E-state index in [2.05, 4.69) is 0 Å². The maximum atomic E-state index is 12.8. The average Bonchev–Trinajstić information content (AvgIpc) is 2.16. The molecule has 0 aromatic heterocycles. The van der Waals surface area contributed by atoms with E-state index in [4.69, 9.17) is 9.84 Å². The van der Waals surface area contributed by atoms with E-state index in [1.807, 2.05) is 0 Å². The van der Waals surface area contributed by atoms with Gasteiger partial charge in [-0.2, -0.15) is 0 Å². The Balaban J connectivity index is 3.05. The van der Waals surface area contributed by atoms with Crippen LogP contribution in [0.1, 0.15) is 6.92 Å². The molecule has 0 aliphatic carbocycles. The lowest BCUT2D eigenvalue weighted by atomic mass is 10.3. The van der Waals surface area contributed by atoms with Gasteiger partial charge in [0.15, 0.2) is 6.10 Å². The van der Waals surface area contributed by atoms with Crippen molar-refractivity contribution < 1.29 is 24.0 Å². The second-order valence-electron chi connectivity index (χ2n) is 2.97. The molecule has 1 rings (SSSR count). The van der Waals surface area contributed by atoms with Gasteiger partial charge in [-0.15, -0.1) is 0 Å². The standard InChI is InChI=1S/C9H8FNO5/c1-5(9(12)13)16-8-4-6(10)2-3-7(8)11(14)15/h2-5H,1H3,(H,12,13)/t5-/m0/s1. The Morgan fingerprint density at radius 3 is 2.75 bits per heavy atom. The van der Waals surface area contributed by atoms with Crippen LogP contribution in [-0.4, -0.2) is 22.1 Å². The SMILES string of the molecule is C[C@H](Oc1cc(F)ccc1[N+](=O)[O-])C(=O)O. The largest absolute Gasteiger partial charge is 0.479 e. The monoisotopic (exact) mass is 229 g/mol. The number of carboxylic acid groups (broad SMARTS) is 1. The topological polar surface area (TPSA) is 89.7 Å². The normalized spacial score (nSPS) is 11.9. The van der Waals surface area contributed by atoms with Crippen LogP contribution in [0.2, 0.25) is 0 Å². The van der Waals surface area contributed by atoms with Crippen molar-refractivity contribution in [1.29, 1.82) is 0 Å². The lowest BCUT2D eigenvalue weighted by Crippen LogP contribution is -2.23. The van der Waals surface area contributed by atoms with Crippen LogP contribution in [-0.2, 0) is 4.79 Å². The van der Waals surface area contributed by atoms with Crippen molar-refractivity contribution in [3.05, 3.63) is 34.1 Å². The summed E-state index contributed by atoms with van der Waals surface area (Å²) in [6, 6.07) is 2.59. The number of nitro benzene ring substituents is 1. The fraction of sp³-hybridized carbons (Fsp3) is 0.222. The molecule has 16 heavy (non-hydrogen) atoms. The van der Waals surface area contributed by atoms with E-state index < -0.39 is 34.3 Å². The summed E-state index contributed by atoms with van der Waals surface area (Å²) >= 11 is 0. The fourth-order valence-corrected chi connectivity index (χ4v) is 0.974. The third kappa shape index (κ3) is 2.66. The molecule has 0 bridgehead atoms. The number of aliphatic carboxylic acids is 1. The highest BCUT2D eigenvalue weighted by Crippen LogP contribution is 2.28. The quantitative estimate of drug-likeness (QED) is 0.625. The predicted molar refractivity (Wildman–Crippen MR) is 50.8 cm³/mol. The lowest BCUT2D eigenvalue weighted by molar-refractivity contribution is -0.386. The first-order chi connectivity index (χ1) is 7.41. The third-order valence-corrected chi connectivity index (χ3v) is 1.77. The van der Waals surface area contributed by atoms with Crippen LogP contribution in [0.25, 0.3) is 0 Å². The Morgan fingerprint density at radius 2 is 2.25 bits per heavy atom. The Bertz CT molecular complexity index is 434. The number of nitrogens with zero attached hydrogens (tertiary/aromatic N) is 1. The van der Waals surface area contributed by atoms with E-state index in [-0.39, 0.29) is 0 Å². The maximum Gasteiger partial charge on any atom is 0.344 e. The van der Waals surface area contributed by atoms with Crippen molar-refractivity contribution in [2.45, 2.75) is 13.0 Å². The molecule has 1 aromatic carbocycles. The van der Waals surface area contributed by atoms with Gasteiger partial charge in [0.05, 0.1) is 4.92 Å². The van der Waals surface area contributed by atoms with E-state index in [0.717, 1.165) is 18.2 Å². The average molecular weight is 229 g/mol. The van der Waals surface area contributed by atoms with Crippen LogP contribution in [0.3, 0.4) is 0 Å². The molecular formula is C9H8FNO5. The van der Waals surface area contributed by atoms with Gasteiger partial charge in [0, 0.05) is 12.1 Å². The molecule has 0 spiro atoms. The molecule has 0 fully saturated rings. The molecule has 0 saturated heterocycles. The molecule has 0 radical (unpaired) electrons. The summed E-state index contributed by atoms with van der Waals surface area (Å²) in [6.07, 6.45) is -1.29. The smallest absolute Gasteiger partial charge is 0.344 e. The highest BCUT2D eigenvalue weighted by atomic mass is 19.1. The van der Waals surface area contributed by atoms with Gasteiger partial charge < -0.3 is 9.84 Å². The van der Waals surface area contributed by atoms with Crippen LogP contribution in [0.15, 0.2) is 18.2 Å². The van der Waals surface area contributed by atoms with Crippen LogP contribution >= 0.6 is 0 Å². The van der Waals surface area contributed by atoms with Crippen molar-refractivity contribution in [3.63, 3.8) is 0 Å². The first kappa shape index (κ1) is 11.9. The summed E-state index contributed by atoms with van der Waals surface area (Å²) < 4.78 is 17.6. The molecule has 0 aliphatic rings. The molecule has 7 heteroatoms. The maximum absolute atomic E-state index is 12.8. The van der Waals surface area contributed by atoms with Crippen molar-refractivity contribution in [3.8, 4) is 5.75 Å². The summed E-state index contributed by atoms with van der Waals surface area (Å²) in [6.45, 7) is 1.19. The minimum atomic E-state index is -1.29. The predicted octanol–water partition coefficient (Wildman–Crippen LogP) is 1.59. The van der Waals surface area contributed by atoms with Crippen molar-refractivity contribution in [1.82, 2.24) is 0 Å². The van der Waals surface area contributed by atoms with Gasteiger partial charge in [-0.1, -0.05) is 0 Å². The molecule has 6 nitrogen and oxygen atoms in total. The van der Waals surface area contributed by atoms with E-state index in [1.165, 1.54) is 6.92 Å². The molecule has 1 aromatic rings. The fourth-order valence-electron chi connectivity index (χ4n) is 0.974. The molecule has 0 unspecified atom stereocenters. The van der Waals surface area contributed by atoms with E-state index in [1.54, 1.807) is 0 Å². The number of benzene rings is 1. The van der Waals surface area contributed by atoms with Gasteiger partial charge in [-0.25, -0.2) is 9.18 Å². The second-order valence-corrected chi connectivity index (χ2v) is 2.97. The zero-order valence-corrected chi connectivity index (χ0v) is 8.21. The molecular weight excluding hydrogens is 221 g/mol. The van der Waals surface area contributed by atoms with E-state index in [9.17, 15) is 19.3 Å². The highest BCUT2D eigenvalue weighted by molar-refractivity contribution is 5.72. The van der Waals surface area contributed by atoms with Gasteiger partial charge in [-0.3, -0.25) is 10.1 Å². The molecule has 0 heterocycles. The summed E-state index contributed by atoms with van der Waals surface area (Å²) in [5.74, 6) is -2.43. The van der Waals surface area contributed by atoms with Gasteiger partial charge >= 0.3 is 11.7 Å². The zero-order chi connectivity index (χ0) is 12.3. The van der Waals surface area contributed by atoms with E-state index >= 15 is 0 Å². The minimum absolute atomic E-state index is 0.403. The zero-order valence-electron chi connectivity index (χ0n) is 8.21. The van der Waals surface area contributed by atoms with Crippen LogP contribution in [0.4, 0.5) is 10.1 Å². The number of hydrogen-bond acceptors (Lipinski definition) is 4. The molecule has 86 valence electrons. The molecule has 1 atom stereocenters. The summed E-state index contributed by atoms with van der Waals surface area (Å²) in [7, 11) is 0. The van der Waals surface area contributed by atoms with Crippen molar-refractivity contribution in [2.75, 3.05) is 0 Å². The number of halogens is 1. The summed E-state index contributed by atoms with van der Waals surface area (Å²) in [5.41, 5.74) is -0.477. The highest BCUT2D eigenvalue weighted by Gasteiger charge is 2.21. The first-order valence-electron chi connectivity index (χ1n) is 4.25. The van der Waals surface area contributed by atoms with Gasteiger partial charge in [0.1, 0.15) is 5.82 Å². The van der Waals surface area contributed by atoms with Gasteiger partial charge in [0.25, 0.3) is 0 Å². The Morgan fingerprint density at radius 1 is 1.62 bits per heavy atom. The Kier molecular flexibility index (Phi) is 3.39. The number of ether oxygens (including phenoxy) is 1. The van der Waals surface area contributed by atoms with Gasteiger partial charge in [0.2, 0.25) is 5.75 Å². The number of nitro groups is 1. The summed E-state index contributed by atoms with van der Waals surface area (Å²) in [4.78, 5) is 20.2. The minimum Gasteiger partial charge on any atom is -0.479 e. The van der Waals surface area contributed by atoms with Crippen LogP contribution in [0, 0.1) is 15.9 Å². The lowest BCUT2D eigenvalue weighted by Gasteiger charge is -2.10.